The molecule has 2 heterocycles. The normalized spacial score (nSPS) is 10.8. The number of aromatic amines is 1. The van der Waals surface area contributed by atoms with Crippen molar-refractivity contribution < 1.29 is 4.79 Å². The summed E-state index contributed by atoms with van der Waals surface area (Å²) in [7, 11) is 0. The van der Waals surface area contributed by atoms with Crippen molar-refractivity contribution in [2.75, 3.05) is 5.32 Å². The molecule has 0 atom stereocenters. The van der Waals surface area contributed by atoms with E-state index in [0.29, 0.717) is 28.5 Å². The molecule has 0 bridgehead atoms. The molecule has 0 aliphatic carbocycles. The largest absolute Gasteiger partial charge is 0.348 e. The van der Waals surface area contributed by atoms with Crippen molar-refractivity contribution in [3.63, 3.8) is 0 Å². The van der Waals surface area contributed by atoms with Crippen molar-refractivity contribution in [2.24, 2.45) is 0 Å². The first-order valence-corrected chi connectivity index (χ1v) is 9.68. The molecule has 2 aromatic heterocycles. The molecule has 0 aliphatic rings. The number of nitrogens with one attached hydrogen (secondary N) is 2. The summed E-state index contributed by atoms with van der Waals surface area (Å²) in [4.78, 5) is 29.2. The highest BCUT2D eigenvalue weighted by Gasteiger charge is 2.15. The zero-order valence-corrected chi connectivity index (χ0v) is 16.3. The number of carbonyl (C=O) groups is 1. The average molecular weight is 407 g/mol. The molecule has 0 aliphatic heterocycles. The fourth-order valence-corrected chi connectivity index (χ4v) is 3.46. The number of fused-ring (bicyclic) bond motifs is 1. The second-order valence-electron chi connectivity index (χ2n) is 6.97. The Labute approximate surface area is 177 Å². The summed E-state index contributed by atoms with van der Waals surface area (Å²) in [6, 6.07) is 26.0. The highest BCUT2D eigenvalue weighted by molar-refractivity contribution is 6.03. The average Bonchev–Trinajstić information content (AvgIpc) is 3.21. The van der Waals surface area contributed by atoms with Gasteiger partial charge in [-0.25, -0.2) is 19.4 Å². The third-order valence-electron chi connectivity index (χ3n) is 4.96. The van der Waals surface area contributed by atoms with Crippen LogP contribution in [0.1, 0.15) is 10.4 Å². The molecule has 3 aromatic carbocycles. The van der Waals surface area contributed by atoms with Gasteiger partial charge in [-0.15, -0.1) is 0 Å². The second kappa shape index (κ2) is 7.72. The molecule has 0 radical (unpaired) electrons. The molecule has 0 spiro atoms. The van der Waals surface area contributed by atoms with Crippen LogP contribution in [0.4, 0.5) is 5.82 Å². The first-order valence-electron chi connectivity index (χ1n) is 9.68. The Bertz CT molecular complexity index is 1450. The van der Waals surface area contributed by atoms with Crippen LogP contribution in [0.3, 0.4) is 0 Å². The molecular weight excluding hydrogens is 390 g/mol. The topological polar surface area (TPSA) is 92.7 Å². The lowest BCUT2D eigenvalue weighted by Crippen LogP contribution is -2.16. The maximum Gasteiger partial charge on any atom is 0.348 e. The Hall–Kier alpha value is -4.52. The number of anilines is 1. The molecule has 2 N–H and O–H groups in total. The third-order valence-corrected chi connectivity index (χ3v) is 4.96. The van der Waals surface area contributed by atoms with Gasteiger partial charge >= 0.3 is 5.69 Å². The molecule has 31 heavy (non-hydrogen) atoms. The highest BCUT2D eigenvalue weighted by Crippen LogP contribution is 2.23. The van der Waals surface area contributed by atoms with E-state index in [2.05, 4.69) is 20.5 Å². The van der Waals surface area contributed by atoms with Crippen molar-refractivity contribution in [2.45, 2.75) is 0 Å². The summed E-state index contributed by atoms with van der Waals surface area (Å²) in [5, 5.41) is 11.6. The van der Waals surface area contributed by atoms with E-state index in [1.165, 1.54) is 4.57 Å². The van der Waals surface area contributed by atoms with Gasteiger partial charge in [-0.05, 0) is 47.2 Å². The van der Waals surface area contributed by atoms with Gasteiger partial charge in [-0.3, -0.25) is 4.79 Å². The number of rotatable bonds is 4. The number of amides is 1. The van der Waals surface area contributed by atoms with Crippen molar-refractivity contribution >= 4 is 22.5 Å². The van der Waals surface area contributed by atoms with Crippen molar-refractivity contribution in [3.05, 3.63) is 107 Å². The molecule has 0 saturated carbocycles. The number of nitrogens with zero attached hydrogens (tertiary/aromatic N) is 3. The Morgan fingerprint density at radius 1 is 0.871 bits per heavy atom. The summed E-state index contributed by atoms with van der Waals surface area (Å²) < 4.78 is 1.50. The lowest BCUT2D eigenvalue weighted by molar-refractivity contribution is 0.102. The monoisotopic (exact) mass is 407 g/mol. The summed E-state index contributed by atoms with van der Waals surface area (Å²) in [5.74, 6) is 0.531. The second-order valence-corrected chi connectivity index (χ2v) is 6.97. The van der Waals surface area contributed by atoms with E-state index in [4.69, 9.17) is 0 Å². The first-order chi connectivity index (χ1) is 15.2. The van der Waals surface area contributed by atoms with Gasteiger partial charge in [0.05, 0.1) is 5.69 Å². The fraction of sp³-hybridized carbons (Fsp3) is 0. The van der Waals surface area contributed by atoms with Crippen LogP contribution >= 0.6 is 0 Å². The zero-order valence-electron chi connectivity index (χ0n) is 16.3. The van der Waals surface area contributed by atoms with Gasteiger partial charge in [0.2, 0.25) is 0 Å². The highest BCUT2D eigenvalue weighted by atomic mass is 16.2. The Morgan fingerprint density at radius 3 is 2.48 bits per heavy atom. The number of carbonyl (C=O) groups excluding carboxylic acids is 1. The van der Waals surface area contributed by atoms with Crippen LogP contribution in [-0.4, -0.2) is 25.7 Å². The molecule has 7 nitrogen and oxygen atoms in total. The van der Waals surface area contributed by atoms with E-state index >= 15 is 0 Å². The van der Waals surface area contributed by atoms with Gasteiger partial charge in [0, 0.05) is 17.3 Å². The Morgan fingerprint density at radius 2 is 1.65 bits per heavy atom. The number of hydrogen-bond donors (Lipinski definition) is 2. The predicted molar refractivity (Wildman–Crippen MR) is 119 cm³/mol. The van der Waals surface area contributed by atoms with Crippen LogP contribution in [-0.2, 0) is 0 Å². The SMILES string of the molecule is O=C(Nc1cc(-c2n[nH]c(=O)n2-c2ccc3ccccc3c2)ccn1)c1ccccc1. The number of pyridine rings is 1. The Kier molecular flexibility index (Phi) is 4.61. The lowest BCUT2D eigenvalue weighted by atomic mass is 10.1. The minimum atomic E-state index is -0.350. The number of hydrogen-bond acceptors (Lipinski definition) is 4. The van der Waals surface area contributed by atoms with Gasteiger partial charge in [-0.1, -0.05) is 48.5 Å². The zero-order chi connectivity index (χ0) is 21.2. The van der Waals surface area contributed by atoms with Crippen molar-refractivity contribution in [1.82, 2.24) is 19.7 Å². The third kappa shape index (κ3) is 3.60. The predicted octanol–water partition coefficient (Wildman–Crippen LogP) is 4.03. The van der Waals surface area contributed by atoms with Crippen molar-refractivity contribution in [3.8, 4) is 17.1 Å². The molecule has 0 saturated heterocycles. The van der Waals surface area contributed by atoms with Gasteiger partial charge in [0.25, 0.3) is 5.91 Å². The smallest absolute Gasteiger partial charge is 0.307 e. The summed E-state index contributed by atoms with van der Waals surface area (Å²) in [6.07, 6.45) is 1.57. The van der Waals surface area contributed by atoms with E-state index in [-0.39, 0.29) is 11.6 Å². The van der Waals surface area contributed by atoms with Crippen LogP contribution in [0.5, 0.6) is 0 Å². The van der Waals surface area contributed by atoms with Crippen LogP contribution in [0.15, 0.2) is 95.9 Å². The number of benzene rings is 3. The maximum absolute atomic E-state index is 12.6. The van der Waals surface area contributed by atoms with Gasteiger partial charge in [0.15, 0.2) is 5.82 Å². The molecule has 1 amide bonds. The Balaban J connectivity index is 1.52. The van der Waals surface area contributed by atoms with Gasteiger partial charge in [-0.2, -0.15) is 5.10 Å². The van der Waals surface area contributed by atoms with Crippen LogP contribution in [0, 0.1) is 0 Å². The van der Waals surface area contributed by atoms with E-state index in [1.54, 1.807) is 42.6 Å². The summed E-state index contributed by atoms with van der Waals surface area (Å²) in [5.41, 5.74) is 1.52. The minimum Gasteiger partial charge on any atom is -0.307 e. The number of aromatic nitrogens is 4. The fourth-order valence-electron chi connectivity index (χ4n) is 3.46. The van der Waals surface area contributed by atoms with Crippen LogP contribution < -0.4 is 11.0 Å². The molecule has 5 rings (SSSR count). The molecule has 7 heteroatoms. The first kappa shape index (κ1) is 18.5. The minimum absolute atomic E-state index is 0.265. The molecule has 0 unspecified atom stereocenters. The van der Waals surface area contributed by atoms with Crippen LogP contribution in [0.2, 0.25) is 0 Å². The standard InChI is InChI=1S/C24H17N5O2/c30-23(17-7-2-1-3-8-17)26-21-15-19(12-13-25-21)22-27-28-24(31)29(22)20-11-10-16-6-4-5-9-18(16)14-20/h1-15H,(H,28,31)(H,25,26,30). The molecule has 150 valence electrons. The van der Waals surface area contributed by atoms with Gasteiger partial charge < -0.3 is 5.32 Å². The van der Waals surface area contributed by atoms with Crippen LogP contribution in [0.25, 0.3) is 27.8 Å². The van der Waals surface area contributed by atoms with E-state index < -0.39 is 0 Å². The maximum atomic E-state index is 12.6. The molecular formula is C24H17N5O2. The van der Waals surface area contributed by atoms with E-state index in [9.17, 15) is 9.59 Å². The summed E-state index contributed by atoms with van der Waals surface area (Å²) >= 11 is 0. The molecule has 0 fully saturated rings. The quantitative estimate of drug-likeness (QED) is 0.470. The summed E-state index contributed by atoms with van der Waals surface area (Å²) in [6.45, 7) is 0. The van der Waals surface area contributed by atoms with Crippen molar-refractivity contribution in [1.29, 1.82) is 0 Å². The molecule has 5 aromatic rings. The van der Waals surface area contributed by atoms with E-state index in [1.807, 2.05) is 48.5 Å². The lowest BCUT2D eigenvalue weighted by Gasteiger charge is -2.09. The van der Waals surface area contributed by atoms with Gasteiger partial charge in [0.1, 0.15) is 5.82 Å². The number of H-pyrrole nitrogens is 1. The van der Waals surface area contributed by atoms with E-state index in [0.717, 1.165) is 10.8 Å².